The first-order chi connectivity index (χ1) is 7.25. The molecule has 3 heteroatoms. The Morgan fingerprint density at radius 3 is 3.00 bits per heavy atom. The summed E-state index contributed by atoms with van der Waals surface area (Å²) in [6, 6.07) is 7.89. The molecule has 0 bridgehead atoms. The van der Waals surface area contributed by atoms with Crippen molar-refractivity contribution in [3.05, 3.63) is 41.0 Å². The van der Waals surface area contributed by atoms with Crippen molar-refractivity contribution >= 4 is 18.3 Å². The van der Waals surface area contributed by atoms with E-state index in [4.69, 9.17) is 5.11 Å². The summed E-state index contributed by atoms with van der Waals surface area (Å²) in [6.45, 7) is 0.621. The van der Waals surface area contributed by atoms with Gasteiger partial charge in [-0.2, -0.15) is 0 Å². The molecule has 15 heavy (non-hydrogen) atoms. The molecule has 0 atom stereocenters. The van der Waals surface area contributed by atoms with Crippen LogP contribution in [0.2, 0.25) is 0 Å². The SMILES string of the molecule is O=C(O)CC1=Cc2ccccc2CN=C1. The summed E-state index contributed by atoms with van der Waals surface area (Å²) in [7, 11) is 0. The molecule has 0 spiro atoms. The van der Waals surface area contributed by atoms with Crippen molar-refractivity contribution in [1.82, 2.24) is 0 Å². The van der Waals surface area contributed by atoms with Crippen LogP contribution < -0.4 is 0 Å². The van der Waals surface area contributed by atoms with Crippen LogP contribution in [0.1, 0.15) is 17.5 Å². The lowest BCUT2D eigenvalue weighted by Crippen LogP contribution is -1.97. The fourth-order valence-electron chi connectivity index (χ4n) is 1.59. The summed E-state index contributed by atoms with van der Waals surface area (Å²) in [5, 5.41) is 8.70. The highest BCUT2D eigenvalue weighted by molar-refractivity contribution is 5.92. The minimum atomic E-state index is -0.827. The first kappa shape index (κ1) is 9.65. The number of hydrogen-bond acceptors (Lipinski definition) is 2. The van der Waals surface area contributed by atoms with Crippen LogP contribution in [0, 0.1) is 0 Å². The summed E-state index contributed by atoms with van der Waals surface area (Å²) in [5.41, 5.74) is 2.94. The summed E-state index contributed by atoms with van der Waals surface area (Å²) in [6.07, 6.45) is 3.56. The fourth-order valence-corrected chi connectivity index (χ4v) is 1.59. The zero-order valence-corrected chi connectivity index (χ0v) is 8.18. The summed E-state index contributed by atoms with van der Waals surface area (Å²) in [5.74, 6) is -0.827. The monoisotopic (exact) mass is 201 g/mol. The summed E-state index contributed by atoms with van der Waals surface area (Å²) in [4.78, 5) is 14.8. The summed E-state index contributed by atoms with van der Waals surface area (Å²) < 4.78 is 0. The lowest BCUT2D eigenvalue weighted by molar-refractivity contribution is -0.136. The Balaban J connectivity index is 2.35. The van der Waals surface area contributed by atoms with Gasteiger partial charge >= 0.3 is 5.97 Å². The van der Waals surface area contributed by atoms with Gasteiger partial charge in [0.25, 0.3) is 0 Å². The molecule has 0 aliphatic carbocycles. The van der Waals surface area contributed by atoms with Crippen molar-refractivity contribution in [3.63, 3.8) is 0 Å². The van der Waals surface area contributed by atoms with Gasteiger partial charge < -0.3 is 5.11 Å². The number of rotatable bonds is 2. The molecule has 0 saturated carbocycles. The van der Waals surface area contributed by atoms with Gasteiger partial charge in [0.1, 0.15) is 0 Å². The minimum Gasteiger partial charge on any atom is -0.481 e. The quantitative estimate of drug-likeness (QED) is 0.796. The third-order valence-corrected chi connectivity index (χ3v) is 2.27. The number of aliphatic carboxylic acids is 1. The highest BCUT2D eigenvalue weighted by atomic mass is 16.4. The van der Waals surface area contributed by atoms with Gasteiger partial charge in [0.15, 0.2) is 0 Å². The van der Waals surface area contributed by atoms with Gasteiger partial charge in [0.05, 0.1) is 13.0 Å². The van der Waals surface area contributed by atoms with E-state index in [-0.39, 0.29) is 6.42 Å². The zero-order chi connectivity index (χ0) is 10.7. The molecule has 1 N–H and O–H groups in total. The standard InChI is InChI=1S/C12H11NO2/c14-12(15)6-9-5-10-3-1-2-4-11(10)8-13-7-9/h1-5,7H,6,8H2,(H,14,15). The number of benzene rings is 1. The van der Waals surface area contributed by atoms with Crippen LogP contribution in [0.3, 0.4) is 0 Å². The molecule has 1 aliphatic rings. The minimum absolute atomic E-state index is 0.0256. The lowest BCUT2D eigenvalue weighted by Gasteiger charge is -2.00. The van der Waals surface area contributed by atoms with Gasteiger partial charge in [-0.15, -0.1) is 0 Å². The predicted molar refractivity (Wildman–Crippen MR) is 58.9 cm³/mol. The van der Waals surface area contributed by atoms with Crippen LogP contribution in [0.15, 0.2) is 34.8 Å². The van der Waals surface area contributed by atoms with Crippen molar-refractivity contribution in [2.24, 2.45) is 4.99 Å². The molecule has 1 heterocycles. The molecule has 2 rings (SSSR count). The van der Waals surface area contributed by atoms with Gasteiger partial charge in [-0.1, -0.05) is 24.3 Å². The van der Waals surface area contributed by atoms with Crippen molar-refractivity contribution in [1.29, 1.82) is 0 Å². The van der Waals surface area contributed by atoms with E-state index in [9.17, 15) is 4.79 Å². The molecule has 1 aromatic rings. The van der Waals surface area contributed by atoms with Crippen molar-refractivity contribution < 1.29 is 9.90 Å². The Bertz CT molecular complexity index is 447. The maximum Gasteiger partial charge on any atom is 0.307 e. The number of aliphatic imine (C=N–C) groups is 1. The second-order valence-corrected chi connectivity index (χ2v) is 3.46. The smallest absolute Gasteiger partial charge is 0.307 e. The van der Waals surface area contributed by atoms with E-state index in [0.717, 1.165) is 16.7 Å². The molecule has 1 aliphatic heterocycles. The molecule has 0 unspecified atom stereocenters. The topological polar surface area (TPSA) is 49.7 Å². The first-order valence-electron chi connectivity index (χ1n) is 4.76. The number of carbonyl (C=O) groups is 1. The molecule has 0 fully saturated rings. The van der Waals surface area contributed by atoms with Crippen molar-refractivity contribution in [2.75, 3.05) is 0 Å². The number of fused-ring (bicyclic) bond motifs is 1. The van der Waals surface area contributed by atoms with Crippen LogP contribution in [-0.2, 0) is 11.3 Å². The van der Waals surface area contributed by atoms with Gasteiger partial charge in [0.2, 0.25) is 0 Å². The highest BCUT2D eigenvalue weighted by Crippen LogP contribution is 2.17. The first-order valence-corrected chi connectivity index (χ1v) is 4.76. The molecule has 1 aromatic carbocycles. The predicted octanol–water partition coefficient (Wildman–Crippen LogP) is 2.13. The largest absolute Gasteiger partial charge is 0.481 e. The van der Waals surface area contributed by atoms with E-state index in [1.807, 2.05) is 30.3 Å². The van der Waals surface area contributed by atoms with Crippen LogP contribution in [-0.4, -0.2) is 17.3 Å². The molecular formula is C12H11NO2. The molecule has 0 aromatic heterocycles. The van der Waals surface area contributed by atoms with Crippen LogP contribution in [0.25, 0.3) is 6.08 Å². The number of carboxylic acid groups (broad SMARTS) is 1. The molecule has 0 saturated heterocycles. The normalized spacial score (nSPS) is 14.0. The van der Waals surface area contributed by atoms with E-state index in [1.165, 1.54) is 0 Å². The summed E-state index contributed by atoms with van der Waals surface area (Å²) >= 11 is 0. The maximum absolute atomic E-state index is 10.6. The fraction of sp³-hybridized carbons (Fsp3) is 0.167. The third-order valence-electron chi connectivity index (χ3n) is 2.27. The van der Waals surface area contributed by atoms with Crippen LogP contribution >= 0.6 is 0 Å². The Kier molecular flexibility index (Phi) is 2.63. The van der Waals surface area contributed by atoms with E-state index in [0.29, 0.717) is 6.54 Å². The van der Waals surface area contributed by atoms with Gasteiger partial charge in [0, 0.05) is 6.21 Å². The average molecular weight is 201 g/mol. The molecule has 0 radical (unpaired) electrons. The average Bonchev–Trinajstić information content (AvgIpc) is 2.38. The van der Waals surface area contributed by atoms with E-state index in [1.54, 1.807) is 6.21 Å². The second kappa shape index (κ2) is 4.09. The second-order valence-electron chi connectivity index (χ2n) is 3.46. The Morgan fingerprint density at radius 2 is 2.20 bits per heavy atom. The Morgan fingerprint density at radius 1 is 1.40 bits per heavy atom. The number of nitrogens with zero attached hydrogens (tertiary/aromatic N) is 1. The van der Waals surface area contributed by atoms with Crippen molar-refractivity contribution in [2.45, 2.75) is 13.0 Å². The number of hydrogen-bond donors (Lipinski definition) is 1. The van der Waals surface area contributed by atoms with Crippen LogP contribution in [0.5, 0.6) is 0 Å². The van der Waals surface area contributed by atoms with Gasteiger partial charge in [-0.05, 0) is 22.8 Å². The zero-order valence-electron chi connectivity index (χ0n) is 8.18. The van der Waals surface area contributed by atoms with Gasteiger partial charge in [-0.3, -0.25) is 9.79 Å². The molecule has 3 nitrogen and oxygen atoms in total. The van der Waals surface area contributed by atoms with Gasteiger partial charge in [-0.25, -0.2) is 0 Å². The Labute approximate surface area is 87.8 Å². The third kappa shape index (κ3) is 2.31. The van der Waals surface area contributed by atoms with Crippen molar-refractivity contribution in [3.8, 4) is 0 Å². The van der Waals surface area contributed by atoms with Crippen LogP contribution in [0.4, 0.5) is 0 Å². The van der Waals surface area contributed by atoms with E-state index in [2.05, 4.69) is 4.99 Å². The highest BCUT2D eigenvalue weighted by Gasteiger charge is 2.07. The number of carboxylic acids is 1. The Hall–Kier alpha value is -1.90. The molecule has 76 valence electrons. The lowest BCUT2D eigenvalue weighted by atomic mass is 10.0. The molecule has 0 amide bonds. The van der Waals surface area contributed by atoms with E-state index < -0.39 is 5.97 Å². The molecular weight excluding hydrogens is 190 g/mol. The van der Waals surface area contributed by atoms with E-state index >= 15 is 0 Å². The maximum atomic E-state index is 10.6.